The molecule has 1 fully saturated rings. The summed E-state index contributed by atoms with van der Waals surface area (Å²) < 4.78 is 51.5. The average Bonchev–Trinajstić information content (AvgIpc) is 3.30. The minimum atomic E-state index is -4.45. The molecular weight excluding hydrogens is 500 g/mol. The Kier molecular flexibility index (Phi) is 5.22. The highest BCUT2D eigenvalue weighted by atomic mass is 127. The first-order valence-electron chi connectivity index (χ1n) is 8.97. The second-order valence-electron chi connectivity index (χ2n) is 6.90. The third-order valence-electron chi connectivity index (χ3n) is 4.90. The van der Waals surface area contributed by atoms with E-state index in [9.17, 15) is 18.0 Å². The van der Waals surface area contributed by atoms with E-state index in [0.717, 1.165) is 6.07 Å². The first-order valence-corrected chi connectivity index (χ1v) is 10.2. The van der Waals surface area contributed by atoms with Crippen molar-refractivity contribution in [2.24, 2.45) is 5.92 Å². The molecular formula is C21H16F3IO4. The molecule has 0 heterocycles. The van der Waals surface area contributed by atoms with Gasteiger partial charge in [0, 0.05) is 17.9 Å². The maximum atomic E-state index is 13.3. The second-order valence-corrected chi connectivity index (χ2v) is 8.34. The zero-order valence-corrected chi connectivity index (χ0v) is 17.1. The summed E-state index contributed by atoms with van der Waals surface area (Å²) in [5.41, 5.74) is -0.709. The van der Waals surface area contributed by atoms with Gasteiger partial charge in [0.25, 0.3) is 0 Å². The third-order valence-corrected chi connectivity index (χ3v) is 6.38. The summed E-state index contributed by atoms with van der Waals surface area (Å²) in [5, 5.41) is 9.57. The molecule has 2 aliphatic rings. The molecule has 0 aromatic heterocycles. The van der Waals surface area contributed by atoms with E-state index in [1.165, 1.54) is 12.1 Å². The van der Waals surface area contributed by atoms with Gasteiger partial charge in [-0.1, -0.05) is 46.9 Å². The van der Waals surface area contributed by atoms with Gasteiger partial charge in [-0.05, 0) is 30.0 Å². The molecule has 0 spiro atoms. The lowest BCUT2D eigenvalue weighted by Gasteiger charge is -2.18. The van der Waals surface area contributed by atoms with Crippen molar-refractivity contribution in [3.63, 3.8) is 0 Å². The van der Waals surface area contributed by atoms with Crippen LogP contribution in [0.1, 0.15) is 18.4 Å². The maximum absolute atomic E-state index is 13.3. The van der Waals surface area contributed by atoms with Gasteiger partial charge in [-0.2, -0.15) is 13.2 Å². The second kappa shape index (κ2) is 7.55. The van der Waals surface area contributed by atoms with Gasteiger partial charge in [0.1, 0.15) is 29.3 Å². The summed E-state index contributed by atoms with van der Waals surface area (Å²) in [6, 6.07) is 8.56. The highest BCUT2D eigenvalue weighted by Gasteiger charge is 2.56. The Labute approximate surface area is 178 Å². The van der Waals surface area contributed by atoms with E-state index >= 15 is 0 Å². The summed E-state index contributed by atoms with van der Waals surface area (Å²) in [4.78, 5) is 11.1. The van der Waals surface area contributed by atoms with E-state index in [1.807, 2.05) is 6.08 Å². The number of fused-ring (bicyclic) bond motifs is 1. The number of ether oxygens (including phenoxy) is 2. The number of aliphatic carboxylic acids is 1. The number of hydrogen-bond acceptors (Lipinski definition) is 3. The van der Waals surface area contributed by atoms with Gasteiger partial charge in [0.2, 0.25) is 0 Å². The number of halogens is 4. The Hall–Kier alpha value is -2.23. The van der Waals surface area contributed by atoms with Gasteiger partial charge in [-0.25, -0.2) is 0 Å². The molecule has 1 saturated carbocycles. The van der Waals surface area contributed by atoms with Crippen LogP contribution in [0.3, 0.4) is 0 Å². The number of benzene rings is 2. The van der Waals surface area contributed by atoms with Crippen molar-refractivity contribution in [1.29, 1.82) is 0 Å². The fourth-order valence-corrected chi connectivity index (χ4v) is 4.45. The Balaban J connectivity index is 1.57. The Morgan fingerprint density at radius 1 is 1.14 bits per heavy atom. The number of alkyl halides is 4. The quantitative estimate of drug-likeness (QED) is 0.409. The van der Waals surface area contributed by atoms with Gasteiger partial charge < -0.3 is 14.6 Å². The number of rotatable bonds is 5. The van der Waals surface area contributed by atoms with Crippen molar-refractivity contribution >= 4 is 39.3 Å². The Bertz CT molecular complexity index is 1030. The minimum Gasteiger partial charge on any atom is -0.493 e. The molecule has 2 aromatic carbocycles. The van der Waals surface area contributed by atoms with Crippen molar-refractivity contribution in [3.8, 4) is 5.75 Å². The van der Waals surface area contributed by atoms with Crippen LogP contribution in [0.15, 0.2) is 60.1 Å². The number of carboxylic acids is 1. The summed E-state index contributed by atoms with van der Waals surface area (Å²) in [7, 11) is 0. The van der Waals surface area contributed by atoms with Crippen LogP contribution < -0.4 is 4.74 Å². The standard InChI is InChI=1S/C21H16F3IO4/c22-21(23,24)15-8-9-16(14-7-2-1-6-13(14)15)28-11-4-3-5-12(10-11)29-19-17(18(19)25)20(26)27/h1-2,4,6-10,17-19H,3,5H2,(H,26,27)/t17-,18-,19+/m1/s1. The van der Waals surface area contributed by atoms with Crippen LogP contribution in [0.2, 0.25) is 0 Å². The van der Waals surface area contributed by atoms with E-state index < -0.39 is 23.6 Å². The maximum Gasteiger partial charge on any atom is 0.417 e. The number of carboxylic acid groups (broad SMARTS) is 1. The predicted octanol–water partition coefficient (Wildman–Crippen LogP) is 5.70. The smallest absolute Gasteiger partial charge is 0.417 e. The van der Waals surface area contributed by atoms with Crippen LogP contribution in [0.4, 0.5) is 13.2 Å². The predicted molar refractivity (Wildman–Crippen MR) is 109 cm³/mol. The molecule has 152 valence electrons. The summed E-state index contributed by atoms with van der Waals surface area (Å²) >= 11 is 2.06. The highest BCUT2D eigenvalue weighted by Crippen LogP contribution is 2.44. The molecule has 3 atom stereocenters. The van der Waals surface area contributed by atoms with Gasteiger partial charge in [0.15, 0.2) is 0 Å². The van der Waals surface area contributed by atoms with Crippen molar-refractivity contribution in [1.82, 2.24) is 0 Å². The first-order chi connectivity index (χ1) is 13.8. The van der Waals surface area contributed by atoms with Crippen LogP contribution in [-0.4, -0.2) is 21.1 Å². The summed E-state index contributed by atoms with van der Waals surface area (Å²) in [6.45, 7) is 0. The zero-order chi connectivity index (χ0) is 20.8. The van der Waals surface area contributed by atoms with E-state index in [-0.39, 0.29) is 15.4 Å². The Morgan fingerprint density at radius 3 is 2.52 bits per heavy atom. The topological polar surface area (TPSA) is 55.8 Å². The number of carbonyl (C=O) groups is 1. The molecule has 0 amide bonds. The van der Waals surface area contributed by atoms with E-state index in [4.69, 9.17) is 14.6 Å². The van der Waals surface area contributed by atoms with Crippen molar-refractivity contribution < 1.29 is 32.5 Å². The van der Waals surface area contributed by atoms with Gasteiger partial charge >= 0.3 is 12.1 Å². The van der Waals surface area contributed by atoms with E-state index in [0.29, 0.717) is 35.5 Å². The third kappa shape index (κ3) is 4.08. The van der Waals surface area contributed by atoms with Crippen LogP contribution in [0.5, 0.6) is 5.75 Å². The molecule has 29 heavy (non-hydrogen) atoms. The Morgan fingerprint density at radius 2 is 1.86 bits per heavy atom. The molecule has 2 aromatic rings. The fourth-order valence-electron chi connectivity index (χ4n) is 3.38. The molecule has 4 rings (SSSR count). The first kappa shape index (κ1) is 20.1. The fraction of sp³-hybridized carbons (Fsp3) is 0.286. The minimum absolute atomic E-state index is 0.0735. The lowest BCUT2D eigenvalue weighted by Crippen LogP contribution is -2.08. The van der Waals surface area contributed by atoms with Gasteiger partial charge in [0.05, 0.1) is 9.49 Å². The molecule has 0 unspecified atom stereocenters. The SMILES string of the molecule is O=C(O)[C@@H]1[C@@H](I)[C@H]1OC1=CC(Oc2ccc(C(F)(F)F)c3ccccc23)=CCC1. The van der Waals surface area contributed by atoms with Gasteiger partial charge in [-0.3, -0.25) is 4.79 Å². The zero-order valence-electron chi connectivity index (χ0n) is 14.9. The monoisotopic (exact) mass is 516 g/mol. The van der Waals surface area contributed by atoms with Crippen LogP contribution in [-0.2, 0) is 15.7 Å². The van der Waals surface area contributed by atoms with E-state index in [2.05, 4.69) is 22.6 Å². The summed E-state index contributed by atoms with van der Waals surface area (Å²) in [6.07, 6.45) is -0.0584. The van der Waals surface area contributed by atoms with E-state index in [1.54, 1.807) is 24.3 Å². The molecule has 0 saturated heterocycles. The normalized spacial score (nSPS) is 23.9. The molecule has 0 bridgehead atoms. The van der Waals surface area contributed by atoms with Crippen LogP contribution >= 0.6 is 22.6 Å². The van der Waals surface area contributed by atoms with Crippen molar-refractivity contribution in [2.45, 2.75) is 29.0 Å². The molecule has 1 N–H and O–H groups in total. The highest BCUT2D eigenvalue weighted by molar-refractivity contribution is 14.1. The lowest BCUT2D eigenvalue weighted by atomic mass is 10.0. The largest absolute Gasteiger partial charge is 0.493 e. The van der Waals surface area contributed by atoms with Gasteiger partial charge in [-0.15, -0.1) is 0 Å². The van der Waals surface area contributed by atoms with Crippen molar-refractivity contribution in [2.75, 3.05) is 0 Å². The molecule has 2 aliphatic carbocycles. The number of allylic oxidation sites excluding steroid dienone is 3. The number of hydrogen-bond donors (Lipinski definition) is 1. The summed E-state index contributed by atoms with van der Waals surface area (Å²) in [5.74, 6) is 0.00135. The molecule has 0 radical (unpaired) electrons. The molecule has 0 aliphatic heterocycles. The van der Waals surface area contributed by atoms with Crippen LogP contribution in [0.25, 0.3) is 10.8 Å². The van der Waals surface area contributed by atoms with Crippen molar-refractivity contribution in [3.05, 3.63) is 65.6 Å². The molecule has 4 nitrogen and oxygen atoms in total. The lowest BCUT2D eigenvalue weighted by molar-refractivity contribution is -0.139. The average molecular weight is 516 g/mol. The van der Waals surface area contributed by atoms with Crippen LogP contribution in [0, 0.1) is 5.92 Å². The molecule has 8 heteroatoms.